The molecule has 0 aliphatic heterocycles. The van der Waals surface area contributed by atoms with Gasteiger partial charge in [0.1, 0.15) is 11.5 Å². The second kappa shape index (κ2) is 12.7. The van der Waals surface area contributed by atoms with Crippen molar-refractivity contribution in [3.63, 3.8) is 0 Å². The third-order valence-electron chi connectivity index (χ3n) is 10.3. The number of aliphatic hydroxyl groups excluding tert-OH is 2. The molecule has 0 spiro atoms. The van der Waals surface area contributed by atoms with Crippen LogP contribution < -0.4 is 0 Å². The van der Waals surface area contributed by atoms with Crippen LogP contribution in [0, 0.1) is 0 Å². The molecule has 8 aromatic carbocycles. The van der Waals surface area contributed by atoms with Crippen molar-refractivity contribution in [1.82, 2.24) is 0 Å². The smallest absolute Gasteiger partial charge is 0.165 e. The van der Waals surface area contributed by atoms with Gasteiger partial charge in [0.15, 0.2) is 11.6 Å². The molecule has 0 aliphatic rings. The van der Waals surface area contributed by atoms with Gasteiger partial charge in [-0.2, -0.15) is 0 Å². The van der Waals surface area contributed by atoms with E-state index in [9.17, 15) is 19.8 Å². The Kier molecular flexibility index (Phi) is 8.03. The van der Waals surface area contributed by atoms with E-state index in [0.717, 1.165) is 64.6 Å². The Balaban J connectivity index is 1.11. The molecule has 254 valence electrons. The minimum atomic E-state index is -0.302. The van der Waals surface area contributed by atoms with E-state index in [2.05, 4.69) is 58.5 Å². The number of allylic oxidation sites excluding steroid dienone is 2. The highest BCUT2D eigenvalue weighted by atomic mass is 16.3. The molecule has 0 aliphatic carbocycles. The van der Waals surface area contributed by atoms with Crippen LogP contribution in [0.3, 0.4) is 0 Å². The van der Waals surface area contributed by atoms with Gasteiger partial charge >= 0.3 is 0 Å². The Morgan fingerprint density at radius 3 is 1.10 bits per heavy atom. The minimum Gasteiger partial charge on any atom is -0.506 e. The number of aliphatic hydroxyl groups is 2. The standard InChI is InChI=1S/C46H36N2O4/c1-25(39(27(3)49)45(51)37-21-17-33-13-11-29-7-5-9-31-15-19-35(37)43(33)41(29)31)47-23-24-48-26(2)40(28(4)50)46(52)38-22-18-34-14-12-30-8-6-10-32-16-20-36(38)44(34)42(30)32/h5-22,51-52H,23-24H2,1-4H3/b45-39+,46-40+,47-25?,48-26?. The van der Waals surface area contributed by atoms with Crippen LogP contribution in [0.1, 0.15) is 38.8 Å². The number of benzene rings is 8. The third-order valence-corrected chi connectivity index (χ3v) is 10.3. The van der Waals surface area contributed by atoms with Crippen molar-refractivity contribution >= 4 is 99.1 Å². The van der Waals surface area contributed by atoms with E-state index in [1.165, 1.54) is 13.8 Å². The Morgan fingerprint density at radius 1 is 0.442 bits per heavy atom. The predicted octanol–water partition coefficient (Wildman–Crippen LogP) is 10.8. The number of aliphatic imine (C=N–C) groups is 2. The molecule has 0 aromatic heterocycles. The molecule has 6 heteroatoms. The van der Waals surface area contributed by atoms with Crippen molar-refractivity contribution in [2.75, 3.05) is 13.1 Å². The number of Topliss-reactive ketones (excluding diaryl/α,β-unsaturated/α-hetero) is 2. The molecule has 0 amide bonds. The van der Waals surface area contributed by atoms with Crippen molar-refractivity contribution in [2.24, 2.45) is 9.98 Å². The van der Waals surface area contributed by atoms with Crippen LogP contribution >= 0.6 is 0 Å². The van der Waals surface area contributed by atoms with Crippen molar-refractivity contribution in [3.05, 3.63) is 131 Å². The van der Waals surface area contributed by atoms with Gasteiger partial charge in [-0.3, -0.25) is 19.6 Å². The summed E-state index contributed by atoms with van der Waals surface area (Å²) < 4.78 is 0. The summed E-state index contributed by atoms with van der Waals surface area (Å²) in [5.74, 6) is -0.842. The molecule has 0 bridgehead atoms. The molecule has 0 atom stereocenters. The number of ketones is 2. The number of hydrogen-bond donors (Lipinski definition) is 2. The van der Waals surface area contributed by atoms with E-state index in [0.29, 0.717) is 22.6 Å². The van der Waals surface area contributed by atoms with Gasteiger partial charge in [0.25, 0.3) is 0 Å². The number of nitrogens with zero attached hydrogens (tertiary/aromatic N) is 2. The average Bonchev–Trinajstić information content (AvgIpc) is 3.14. The molecule has 2 N–H and O–H groups in total. The van der Waals surface area contributed by atoms with Crippen molar-refractivity contribution in [2.45, 2.75) is 27.7 Å². The summed E-state index contributed by atoms with van der Waals surface area (Å²) >= 11 is 0. The van der Waals surface area contributed by atoms with Crippen LogP contribution in [0.4, 0.5) is 0 Å². The SMILES string of the molecule is CC(=O)/C(C(C)=NCCN=C(C)/C(C(C)=O)=C(\O)c1ccc2ccc3cccc4ccc1c2c34)=C(/O)c1ccc2ccc3cccc4ccc1c2c34. The molecule has 8 rings (SSSR count). The average molecular weight is 681 g/mol. The molecular weight excluding hydrogens is 645 g/mol. The monoisotopic (exact) mass is 680 g/mol. The van der Waals surface area contributed by atoms with Crippen molar-refractivity contribution in [1.29, 1.82) is 0 Å². The first kappa shape index (κ1) is 32.8. The molecule has 8 aromatic rings. The minimum absolute atomic E-state index is 0.119. The first-order valence-electron chi connectivity index (χ1n) is 17.4. The molecule has 6 nitrogen and oxygen atoms in total. The second-order valence-corrected chi connectivity index (χ2v) is 13.4. The zero-order chi connectivity index (χ0) is 36.3. The van der Waals surface area contributed by atoms with E-state index >= 15 is 0 Å². The van der Waals surface area contributed by atoms with Gasteiger partial charge in [0.2, 0.25) is 0 Å². The van der Waals surface area contributed by atoms with Gasteiger partial charge < -0.3 is 10.2 Å². The number of hydrogen-bond acceptors (Lipinski definition) is 6. The van der Waals surface area contributed by atoms with Crippen LogP contribution in [0.5, 0.6) is 0 Å². The fourth-order valence-corrected chi connectivity index (χ4v) is 7.93. The fourth-order valence-electron chi connectivity index (χ4n) is 7.93. The maximum Gasteiger partial charge on any atom is 0.165 e. The lowest BCUT2D eigenvalue weighted by atomic mass is 9.90. The Bertz CT molecular complexity index is 2660. The van der Waals surface area contributed by atoms with E-state index in [-0.39, 0.29) is 47.3 Å². The Hall–Kier alpha value is -6.40. The summed E-state index contributed by atoms with van der Waals surface area (Å²) in [4.78, 5) is 35.2. The normalized spacial score (nSPS) is 13.9. The summed E-state index contributed by atoms with van der Waals surface area (Å²) in [5, 5.41) is 35.9. The molecule has 0 radical (unpaired) electrons. The van der Waals surface area contributed by atoms with Crippen LogP contribution in [0.2, 0.25) is 0 Å². The zero-order valence-corrected chi connectivity index (χ0v) is 29.4. The maximum atomic E-state index is 13.0. The largest absolute Gasteiger partial charge is 0.506 e. The maximum absolute atomic E-state index is 13.0. The highest BCUT2D eigenvalue weighted by Gasteiger charge is 2.21. The lowest BCUT2D eigenvalue weighted by Crippen LogP contribution is -2.13. The number of carbonyl (C=O) groups excluding carboxylic acids is 2. The summed E-state index contributed by atoms with van der Waals surface area (Å²) in [7, 11) is 0. The highest BCUT2D eigenvalue weighted by molar-refractivity contribution is 6.30. The van der Waals surface area contributed by atoms with Gasteiger partial charge in [0.05, 0.1) is 24.2 Å². The molecule has 52 heavy (non-hydrogen) atoms. The fraction of sp³-hybridized carbons (Fsp3) is 0.130. The quantitative estimate of drug-likeness (QED) is 0.0521. The topological polar surface area (TPSA) is 99.3 Å². The van der Waals surface area contributed by atoms with Crippen molar-refractivity contribution < 1.29 is 19.8 Å². The summed E-state index contributed by atoms with van der Waals surface area (Å²) in [6.45, 7) is 6.68. The van der Waals surface area contributed by atoms with Gasteiger partial charge in [-0.15, -0.1) is 0 Å². The molecule has 0 unspecified atom stereocenters. The lowest BCUT2D eigenvalue weighted by Gasteiger charge is -2.15. The predicted molar refractivity (Wildman–Crippen MR) is 217 cm³/mol. The number of carbonyl (C=O) groups is 2. The van der Waals surface area contributed by atoms with E-state index in [1.807, 2.05) is 60.7 Å². The molecule has 0 heterocycles. The second-order valence-electron chi connectivity index (χ2n) is 13.4. The van der Waals surface area contributed by atoms with Crippen LogP contribution in [0.15, 0.2) is 130 Å². The van der Waals surface area contributed by atoms with Crippen LogP contribution in [-0.2, 0) is 9.59 Å². The van der Waals surface area contributed by atoms with Gasteiger partial charge in [-0.05, 0) is 104 Å². The van der Waals surface area contributed by atoms with Crippen molar-refractivity contribution in [3.8, 4) is 0 Å². The first-order chi connectivity index (χ1) is 25.1. The van der Waals surface area contributed by atoms with E-state index < -0.39 is 0 Å². The van der Waals surface area contributed by atoms with Crippen LogP contribution in [-0.4, -0.2) is 46.3 Å². The van der Waals surface area contributed by atoms with Gasteiger partial charge in [-0.25, -0.2) is 0 Å². The van der Waals surface area contributed by atoms with E-state index in [4.69, 9.17) is 0 Å². The Labute approximate surface area is 300 Å². The zero-order valence-electron chi connectivity index (χ0n) is 29.4. The van der Waals surface area contributed by atoms with Crippen LogP contribution in [0.25, 0.3) is 76.2 Å². The van der Waals surface area contributed by atoms with Gasteiger partial charge in [-0.1, -0.05) is 97.1 Å². The van der Waals surface area contributed by atoms with Gasteiger partial charge in [0, 0.05) is 22.6 Å². The summed E-state index contributed by atoms with van der Waals surface area (Å²) in [6.07, 6.45) is 0. The molecule has 0 saturated heterocycles. The third kappa shape index (κ3) is 5.26. The summed E-state index contributed by atoms with van der Waals surface area (Å²) in [5.41, 5.74) is 2.21. The molecule has 0 saturated carbocycles. The molecular formula is C46H36N2O4. The Morgan fingerprint density at radius 2 is 0.750 bits per heavy atom. The first-order valence-corrected chi connectivity index (χ1v) is 17.4. The number of rotatable bonds is 9. The lowest BCUT2D eigenvalue weighted by molar-refractivity contribution is -0.114. The molecule has 0 fully saturated rings. The highest BCUT2D eigenvalue weighted by Crippen LogP contribution is 2.39. The summed E-state index contributed by atoms with van der Waals surface area (Å²) in [6, 6.07) is 36.5. The van der Waals surface area contributed by atoms with E-state index in [1.54, 1.807) is 13.8 Å².